The van der Waals surface area contributed by atoms with Gasteiger partial charge in [-0.05, 0) is 37.6 Å². The van der Waals surface area contributed by atoms with E-state index in [1.54, 1.807) is 0 Å². The summed E-state index contributed by atoms with van der Waals surface area (Å²) in [5, 5.41) is 18.7. The maximum Gasteiger partial charge on any atom is 0.219 e. The second-order valence-corrected chi connectivity index (χ2v) is 7.70. The number of hydrogen-bond acceptors (Lipinski definition) is 4. The number of aliphatic hydroxyl groups is 1. The highest BCUT2D eigenvalue weighted by Crippen LogP contribution is 2.25. The van der Waals surface area contributed by atoms with E-state index in [4.69, 9.17) is 4.74 Å². The third-order valence-corrected chi connectivity index (χ3v) is 5.03. The van der Waals surface area contributed by atoms with E-state index in [0.29, 0.717) is 19.0 Å². The molecule has 0 saturated carbocycles. The fourth-order valence-electron chi connectivity index (χ4n) is 3.23. The van der Waals surface area contributed by atoms with E-state index in [1.807, 2.05) is 30.3 Å². The van der Waals surface area contributed by atoms with Crippen molar-refractivity contribution in [2.75, 3.05) is 19.7 Å². The summed E-state index contributed by atoms with van der Waals surface area (Å²) in [6.07, 6.45) is 5.05. The molecule has 0 aliphatic rings. The van der Waals surface area contributed by atoms with E-state index in [-0.39, 0.29) is 12.5 Å². The van der Waals surface area contributed by atoms with Crippen LogP contribution in [0.5, 0.6) is 5.75 Å². The normalized spacial score (nSPS) is 13.2. The number of fused-ring (bicyclic) bond motifs is 1. The number of aliphatic hydroxyl groups excluding tert-OH is 1. The molecule has 5 nitrogen and oxygen atoms in total. The van der Waals surface area contributed by atoms with E-state index >= 15 is 0 Å². The molecule has 0 heterocycles. The zero-order chi connectivity index (χ0) is 20.9. The van der Waals surface area contributed by atoms with Gasteiger partial charge in [-0.25, -0.2) is 0 Å². The molecule has 0 bridgehead atoms. The van der Waals surface area contributed by atoms with Crippen molar-refractivity contribution in [3.05, 3.63) is 42.5 Å². The van der Waals surface area contributed by atoms with Crippen LogP contribution in [0.4, 0.5) is 0 Å². The first kappa shape index (κ1) is 23.2. The maximum absolute atomic E-state index is 11.7. The Morgan fingerprint density at radius 3 is 2.72 bits per heavy atom. The molecule has 0 aliphatic carbocycles. The monoisotopic (exact) mass is 400 g/mol. The average molecular weight is 401 g/mol. The minimum atomic E-state index is -0.569. The highest BCUT2D eigenvalue weighted by atomic mass is 16.5. The number of unbranched alkanes of at least 4 members (excludes halogenated alkanes) is 2. The molecule has 2 unspecified atom stereocenters. The van der Waals surface area contributed by atoms with Crippen molar-refractivity contribution in [2.45, 2.75) is 64.5 Å². The Bertz CT molecular complexity index is 730. The maximum atomic E-state index is 11.7. The first-order valence-corrected chi connectivity index (χ1v) is 10.9. The van der Waals surface area contributed by atoms with Crippen LogP contribution in [0.3, 0.4) is 0 Å². The minimum absolute atomic E-state index is 0.153. The second kappa shape index (κ2) is 13.2. The topological polar surface area (TPSA) is 70.6 Å². The lowest BCUT2D eigenvalue weighted by Gasteiger charge is -2.18. The van der Waals surface area contributed by atoms with Crippen LogP contribution in [-0.4, -0.2) is 42.9 Å². The van der Waals surface area contributed by atoms with Gasteiger partial charge in [0.1, 0.15) is 18.5 Å². The molecule has 0 radical (unpaired) electrons. The van der Waals surface area contributed by atoms with Crippen molar-refractivity contribution in [3.63, 3.8) is 0 Å². The fraction of sp³-hybridized carbons (Fsp3) is 0.542. The Kier molecular flexibility index (Phi) is 10.5. The molecule has 0 fully saturated rings. The summed E-state index contributed by atoms with van der Waals surface area (Å²) < 4.78 is 5.84. The Hall–Kier alpha value is -2.11. The standard InChI is InChI=1S/C24H36N2O3/c1-3-4-16-25-24(28)15-8-5-10-19(2)26-17-21(27)18-29-23-14-9-12-20-11-6-7-13-22(20)23/h6-7,9,11-14,19,21,26-27H,3-5,8,10,15-18H2,1-2H3,(H,25,28). The van der Waals surface area contributed by atoms with E-state index in [2.05, 4.69) is 36.6 Å². The zero-order valence-electron chi connectivity index (χ0n) is 17.8. The molecule has 2 aromatic rings. The van der Waals surface area contributed by atoms with E-state index in [0.717, 1.165) is 55.2 Å². The van der Waals surface area contributed by atoms with Crippen LogP contribution in [0.2, 0.25) is 0 Å². The summed E-state index contributed by atoms with van der Waals surface area (Å²) in [6, 6.07) is 14.3. The fourth-order valence-corrected chi connectivity index (χ4v) is 3.23. The highest BCUT2D eigenvalue weighted by Gasteiger charge is 2.10. The summed E-state index contributed by atoms with van der Waals surface area (Å²) in [7, 11) is 0. The third-order valence-electron chi connectivity index (χ3n) is 5.03. The third kappa shape index (κ3) is 8.84. The summed E-state index contributed by atoms with van der Waals surface area (Å²) >= 11 is 0. The zero-order valence-corrected chi connectivity index (χ0v) is 17.8. The van der Waals surface area contributed by atoms with Crippen LogP contribution in [0.1, 0.15) is 52.4 Å². The quantitative estimate of drug-likeness (QED) is 0.419. The number of rotatable bonds is 14. The lowest BCUT2D eigenvalue weighted by Crippen LogP contribution is -2.36. The second-order valence-electron chi connectivity index (χ2n) is 7.70. The van der Waals surface area contributed by atoms with Gasteiger partial charge in [-0.2, -0.15) is 0 Å². The molecule has 2 rings (SSSR count). The van der Waals surface area contributed by atoms with Crippen molar-refractivity contribution in [1.29, 1.82) is 0 Å². The van der Waals surface area contributed by atoms with Crippen molar-refractivity contribution in [1.82, 2.24) is 10.6 Å². The number of carbonyl (C=O) groups is 1. The molecule has 160 valence electrons. The van der Waals surface area contributed by atoms with Gasteiger partial charge in [0.2, 0.25) is 5.91 Å². The number of ether oxygens (including phenoxy) is 1. The largest absolute Gasteiger partial charge is 0.490 e. The van der Waals surface area contributed by atoms with Gasteiger partial charge in [-0.1, -0.05) is 56.2 Å². The molecular weight excluding hydrogens is 364 g/mol. The van der Waals surface area contributed by atoms with E-state index in [9.17, 15) is 9.90 Å². The highest BCUT2D eigenvalue weighted by molar-refractivity contribution is 5.88. The molecule has 5 heteroatoms. The van der Waals surface area contributed by atoms with Gasteiger partial charge in [-0.15, -0.1) is 0 Å². The predicted octanol–water partition coefficient (Wildman–Crippen LogP) is 4.03. The van der Waals surface area contributed by atoms with Gasteiger partial charge in [0, 0.05) is 30.9 Å². The van der Waals surface area contributed by atoms with Crippen LogP contribution in [0.15, 0.2) is 42.5 Å². The molecule has 0 spiro atoms. The summed E-state index contributed by atoms with van der Waals surface area (Å²) in [5.74, 6) is 0.951. The van der Waals surface area contributed by atoms with Gasteiger partial charge in [0.15, 0.2) is 0 Å². The molecule has 3 N–H and O–H groups in total. The lowest BCUT2D eigenvalue weighted by atomic mass is 10.1. The molecule has 29 heavy (non-hydrogen) atoms. The van der Waals surface area contributed by atoms with Crippen LogP contribution >= 0.6 is 0 Å². The van der Waals surface area contributed by atoms with Gasteiger partial charge in [0.25, 0.3) is 0 Å². The van der Waals surface area contributed by atoms with Crippen molar-refractivity contribution in [3.8, 4) is 5.75 Å². The van der Waals surface area contributed by atoms with Crippen LogP contribution in [0, 0.1) is 0 Å². The van der Waals surface area contributed by atoms with Crippen molar-refractivity contribution < 1.29 is 14.6 Å². The van der Waals surface area contributed by atoms with Crippen LogP contribution < -0.4 is 15.4 Å². The number of benzene rings is 2. The Morgan fingerprint density at radius 2 is 1.90 bits per heavy atom. The lowest BCUT2D eigenvalue weighted by molar-refractivity contribution is -0.121. The van der Waals surface area contributed by atoms with Gasteiger partial charge < -0.3 is 20.5 Å². The number of hydrogen-bond donors (Lipinski definition) is 3. The van der Waals surface area contributed by atoms with Crippen LogP contribution in [-0.2, 0) is 4.79 Å². The molecule has 2 aromatic carbocycles. The van der Waals surface area contributed by atoms with E-state index < -0.39 is 6.10 Å². The molecule has 0 saturated heterocycles. The number of carbonyl (C=O) groups excluding carboxylic acids is 1. The van der Waals surface area contributed by atoms with Gasteiger partial charge >= 0.3 is 0 Å². The van der Waals surface area contributed by atoms with Crippen LogP contribution in [0.25, 0.3) is 10.8 Å². The van der Waals surface area contributed by atoms with Gasteiger partial charge in [0.05, 0.1) is 0 Å². The van der Waals surface area contributed by atoms with Crippen molar-refractivity contribution >= 4 is 16.7 Å². The summed E-state index contributed by atoms with van der Waals surface area (Å²) in [4.78, 5) is 11.7. The molecule has 2 atom stereocenters. The Morgan fingerprint density at radius 1 is 1.10 bits per heavy atom. The minimum Gasteiger partial charge on any atom is -0.490 e. The summed E-state index contributed by atoms with van der Waals surface area (Å²) in [6.45, 7) is 5.76. The first-order valence-electron chi connectivity index (χ1n) is 10.9. The van der Waals surface area contributed by atoms with E-state index in [1.165, 1.54) is 0 Å². The molecular formula is C24H36N2O3. The number of amides is 1. The first-order chi connectivity index (χ1) is 14.1. The number of nitrogens with one attached hydrogen (secondary N) is 2. The molecule has 1 amide bonds. The molecule has 0 aromatic heterocycles. The Balaban J connectivity index is 1.58. The molecule has 0 aliphatic heterocycles. The SMILES string of the molecule is CCCCNC(=O)CCCCC(C)NCC(O)COc1cccc2ccccc12. The summed E-state index contributed by atoms with van der Waals surface area (Å²) in [5.41, 5.74) is 0. The van der Waals surface area contributed by atoms with Gasteiger partial charge in [-0.3, -0.25) is 4.79 Å². The smallest absolute Gasteiger partial charge is 0.219 e. The van der Waals surface area contributed by atoms with Crippen molar-refractivity contribution in [2.24, 2.45) is 0 Å². The predicted molar refractivity (Wildman–Crippen MR) is 119 cm³/mol. The average Bonchev–Trinajstić information content (AvgIpc) is 2.74. The Labute approximate surface area is 174 Å².